The van der Waals surface area contributed by atoms with Gasteiger partial charge in [0.2, 0.25) is 5.88 Å². The van der Waals surface area contributed by atoms with Crippen molar-refractivity contribution in [2.75, 3.05) is 5.75 Å². The Kier molecular flexibility index (Phi) is 4.63. The number of hydrogen-bond acceptors (Lipinski definition) is 5. The zero-order valence-electron chi connectivity index (χ0n) is 11.3. The summed E-state index contributed by atoms with van der Waals surface area (Å²) in [4.78, 5) is 28.2. The van der Waals surface area contributed by atoms with E-state index in [-0.39, 0.29) is 23.8 Å². The Morgan fingerprint density at radius 3 is 2.95 bits per heavy atom. The lowest BCUT2D eigenvalue weighted by atomic mass is 10.1. The summed E-state index contributed by atoms with van der Waals surface area (Å²) in [7, 11) is 0. The van der Waals surface area contributed by atoms with Gasteiger partial charge in [-0.1, -0.05) is 32.0 Å². The van der Waals surface area contributed by atoms with Crippen molar-refractivity contribution >= 4 is 17.7 Å². The van der Waals surface area contributed by atoms with E-state index in [2.05, 4.69) is 11.9 Å². The number of rotatable bonds is 5. The second-order valence-corrected chi connectivity index (χ2v) is 5.48. The Morgan fingerprint density at radius 2 is 2.26 bits per heavy atom. The Hall–Kier alpha value is -1.30. The van der Waals surface area contributed by atoms with Crippen LogP contribution in [0.5, 0.6) is 5.88 Å². The highest BCUT2D eigenvalue weighted by molar-refractivity contribution is 7.99. The van der Waals surface area contributed by atoms with Crippen LogP contribution in [0.2, 0.25) is 0 Å². The first-order valence-electron chi connectivity index (χ1n) is 6.64. The first kappa shape index (κ1) is 14.1. The number of hydrogen-bond donors (Lipinski definition) is 0. The van der Waals surface area contributed by atoms with Crippen LogP contribution in [0.1, 0.15) is 38.7 Å². The molecule has 0 atom stereocenters. The highest BCUT2D eigenvalue weighted by atomic mass is 32.2. The van der Waals surface area contributed by atoms with E-state index in [1.54, 1.807) is 11.5 Å². The zero-order chi connectivity index (χ0) is 13.8. The van der Waals surface area contributed by atoms with Gasteiger partial charge in [-0.05, 0) is 12.8 Å². The number of thioether (sulfide) groups is 1. The molecule has 0 unspecified atom stereocenters. The molecular weight excluding hydrogens is 264 g/mol. The number of unbranched alkanes of at least 4 members (excludes halogenated alkanes) is 1. The molecule has 1 aromatic heterocycles. The molecule has 0 saturated carbocycles. The topological polar surface area (TPSA) is 61.2 Å². The summed E-state index contributed by atoms with van der Waals surface area (Å²) in [5.74, 6) is 0.712. The summed E-state index contributed by atoms with van der Waals surface area (Å²) >= 11 is 1.52. The molecule has 0 aliphatic carbocycles. The molecule has 0 aromatic carbocycles. The van der Waals surface area contributed by atoms with Gasteiger partial charge in [-0.25, -0.2) is 0 Å². The van der Waals surface area contributed by atoms with E-state index in [0.29, 0.717) is 23.7 Å². The van der Waals surface area contributed by atoms with Gasteiger partial charge in [0.1, 0.15) is 0 Å². The molecule has 0 radical (unpaired) electrons. The molecular formula is C13H18N2O3S. The molecule has 1 aliphatic rings. The third kappa shape index (κ3) is 3.00. The van der Waals surface area contributed by atoms with Crippen molar-refractivity contribution in [3.8, 4) is 5.88 Å². The molecule has 0 N–H and O–H groups in total. The fourth-order valence-corrected chi connectivity index (χ4v) is 2.86. The monoisotopic (exact) mass is 282 g/mol. The largest absolute Gasteiger partial charge is 0.407 e. The molecule has 104 valence electrons. The lowest BCUT2D eigenvalue weighted by Gasteiger charge is -2.10. The van der Waals surface area contributed by atoms with Crippen molar-refractivity contribution in [2.24, 2.45) is 0 Å². The van der Waals surface area contributed by atoms with E-state index >= 15 is 0 Å². The van der Waals surface area contributed by atoms with E-state index in [9.17, 15) is 9.59 Å². The smallest absolute Gasteiger partial charge is 0.312 e. The second kappa shape index (κ2) is 6.23. The zero-order valence-corrected chi connectivity index (χ0v) is 12.1. The van der Waals surface area contributed by atoms with Gasteiger partial charge in [0.15, 0.2) is 5.16 Å². The maximum atomic E-state index is 12.4. The Bertz CT molecular complexity index is 539. The molecule has 0 bridgehead atoms. The minimum Gasteiger partial charge on any atom is -0.407 e. The predicted octanol–water partition coefficient (Wildman–Crippen LogP) is 2.01. The van der Waals surface area contributed by atoms with E-state index in [1.807, 2.05) is 0 Å². The van der Waals surface area contributed by atoms with Crippen molar-refractivity contribution in [2.45, 2.75) is 51.2 Å². The summed E-state index contributed by atoms with van der Waals surface area (Å²) in [6.07, 6.45) is 2.76. The van der Waals surface area contributed by atoms with E-state index in [4.69, 9.17) is 4.74 Å². The number of aromatic nitrogens is 2. The van der Waals surface area contributed by atoms with Crippen LogP contribution >= 0.6 is 11.8 Å². The third-order valence-corrected chi connectivity index (χ3v) is 3.97. The maximum absolute atomic E-state index is 12.4. The van der Waals surface area contributed by atoms with Gasteiger partial charge in [-0.2, -0.15) is 4.98 Å². The first-order chi connectivity index (χ1) is 9.17. The first-order valence-corrected chi connectivity index (χ1v) is 7.63. The lowest BCUT2D eigenvalue weighted by molar-refractivity contribution is -0.134. The van der Waals surface area contributed by atoms with E-state index in [0.717, 1.165) is 18.6 Å². The number of carbonyl (C=O) groups is 1. The van der Waals surface area contributed by atoms with Crippen molar-refractivity contribution in [3.63, 3.8) is 0 Å². The molecule has 0 spiro atoms. The van der Waals surface area contributed by atoms with Crippen LogP contribution in [0.4, 0.5) is 0 Å². The Balaban J connectivity index is 2.41. The van der Waals surface area contributed by atoms with Crippen molar-refractivity contribution in [1.29, 1.82) is 0 Å². The highest BCUT2D eigenvalue weighted by Gasteiger charge is 2.22. The summed E-state index contributed by atoms with van der Waals surface area (Å²) < 4.78 is 6.90. The van der Waals surface area contributed by atoms with E-state index in [1.165, 1.54) is 11.8 Å². The minimum atomic E-state index is -0.349. The average molecular weight is 282 g/mol. The summed E-state index contributed by atoms with van der Waals surface area (Å²) in [5, 5.41) is 0.657. The standard InChI is InChI=1S/C13H18N2O3S/c1-3-5-6-9-11(18-10(16)4-2)14-13-15(12(9)17)7-8-19-13/h3-8H2,1-2H3. The molecule has 2 heterocycles. The van der Waals surface area contributed by atoms with Crippen LogP contribution < -0.4 is 10.3 Å². The van der Waals surface area contributed by atoms with Crippen LogP contribution in [0, 0.1) is 0 Å². The average Bonchev–Trinajstić information content (AvgIpc) is 2.86. The number of ether oxygens (including phenoxy) is 1. The maximum Gasteiger partial charge on any atom is 0.312 e. The number of nitrogens with zero attached hydrogens (tertiary/aromatic N) is 2. The van der Waals surface area contributed by atoms with Gasteiger partial charge in [0, 0.05) is 18.7 Å². The van der Waals surface area contributed by atoms with Crippen LogP contribution in [0.3, 0.4) is 0 Å². The number of fused-ring (bicyclic) bond motifs is 1. The minimum absolute atomic E-state index is 0.0534. The SMILES string of the molecule is CCCCc1c(OC(=O)CC)nc2n(c1=O)CCS2. The fraction of sp³-hybridized carbons (Fsp3) is 0.615. The van der Waals surface area contributed by atoms with Crippen LogP contribution in [-0.4, -0.2) is 21.3 Å². The normalized spacial score (nSPS) is 13.4. The Morgan fingerprint density at radius 1 is 1.47 bits per heavy atom. The van der Waals surface area contributed by atoms with Gasteiger partial charge in [-0.15, -0.1) is 0 Å². The number of esters is 1. The van der Waals surface area contributed by atoms with Crippen LogP contribution in [0.15, 0.2) is 9.95 Å². The molecule has 2 rings (SSSR count). The van der Waals surface area contributed by atoms with Crippen LogP contribution in [-0.2, 0) is 17.8 Å². The molecule has 1 aliphatic heterocycles. The molecule has 5 nitrogen and oxygen atoms in total. The number of carbonyl (C=O) groups excluding carboxylic acids is 1. The van der Waals surface area contributed by atoms with Crippen molar-refractivity contribution < 1.29 is 9.53 Å². The summed E-state index contributed by atoms with van der Waals surface area (Å²) in [5.41, 5.74) is 0.484. The van der Waals surface area contributed by atoms with Crippen LogP contribution in [0.25, 0.3) is 0 Å². The van der Waals surface area contributed by atoms with Gasteiger partial charge in [0.05, 0.1) is 5.56 Å². The summed E-state index contributed by atoms with van der Waals surface area (Å²) in [6, 6.07) is 0. The second-order valence-electron chi connectivity index (χ2n) is 4.41. The van der Waals surface area contributed by atoms with Gasteiger partial charge in [-0.3, -0.25) is 14.2 Å². The van der Waals surface area contributed by atoms with Crippen molar-refractivity contribution in [3.05, 3.63) is 15.9 Å². The lowest BCUT2D eigenvalue weighted by Crippen LogP contribution is -2.26. The molecule has 19 heavy (non-hydrogen) atoms. The van der Waals surface area contributed by atoms with Crippen molar-refractivity contribution in [1.82, 2.24) is 9.55 Å². The molecule has 6 heteroatoms. The predicted molar refractivity (Wildman–Crippen MR) is 73.8 cm³/mol. The van der Waals surface area contributed by atoms with Gasteiger partial charge >= 0.3 is 5.97 Å². The fourth-order valence-electron chi connectivity index (χ4n) is 1.92. The Labute approximate surface area is 116 Å². The van der Waals surface area contributed by atoms with Gasteiger partial charge < -0.3 is 4.74 Å². The molecule has 0 saturated heterocycles. The summed E-state index contributed by atoms with van der Waals surface area (Å²) in [6.45, 7) is 4.47. The highest BCUT2D eigenvalue weighted by Crippen LogP contribution is 2.26. The van der Waals surface area contributed by atoms with E-state index < -0.39 is 0 Å². The molecule has 0 amide bonds. The molecule has 0 fully saturated rings. The third-order valence-electron chi connectivity index (χ3n) is 3.02. The quantitative estimate of drug-likeness (QED) is 0.610. The molecule has 1 aromatic rings. The van der Waals surface area contributed by atoms with Gasteiger partial charge in [0.25, 0.3) is 5.56 Å².